The monoisotopic (exact) mass is 270 g/mol. The van der Waals surface area contributed by atoms with E-state index in [2.05, 4.69) is 30.3 Å². The fraction of sp³-hybridized carbons (Fsp3) is 0.188. The van der Waals surface area contributed by atoms with Gasteiger partial charge in [-0.1, -0.05) is 36.4 Å². The fourth-order valence-corrected chi connectivity index (χ4v) is 3.55. The fourth-order valence-electron chi connectivity index (χ4n) is 2.40. The van der Waals surface area contributed by atoms with E-state index in [4.69, 9.17) is 5.11 Å². The van der Waals surface area contributed by atoms with E-state index in [1.807, 2.05) is 12.1 Å². The van der Waals surface area contributed by atoms with Crippen LogP contribution in [0, 0.1) is 0 Å². The first-order valence-electron chi connectivity index (χ1n) is 6.25. The van der Waals surface area contributed by atoms with Gasteiger partial charge in [-0.05, 0) is 34.7 Å². The maximum atomic E-state index is 10.8. The van der Waals surface area contributed by atoms with E-state index in [1.165, 1.54) is 21.6 Å². The van der Waals surface area contributed by atoms with Crippen LogP contribution in [-0.2, 0) is 23.4 Å². The van der Waals surface area contributed by atoms with Crippen molar-refractivity contribution in [3.05, 3.63) is 64.7 Å². The first-order chi connectivity index (χ1) is 9.22. The molecule has 2 nitrogen and oxygen atoms in total. The molecule has 3 rings (SSSR count). The summed E-state index contributed by atoms with van der Waals surface area (Å²) in [5.41, 5.74) is 4.93. The molecule has 19 heavy (non-hydrogen) atoms. The Morgan fingerprint density at radius 3 is 2.68 bits per heavy atom. The molecule has 0 aliphatic carbocycles. The Bertz CT molecular complexity index is 634. The van der Waals surface area contributed by atoms with Gasteiger partial charge in [-0.3, -0.25) is 4.79 Å². The Morgan fingerprint density at radius 2 is 1.89 bits per heavy atom. The SMILES string of the molecule is O=C(O)Cc1ccc2c(c1)SCc1ccccc1C2. The van der Waals surface area contributed by atoms with Gasteiger partial charge < -0.3 is 5.11 Å². The van der Waals surface area contributed by atoms with Crippen LogP contribution in [0.3, 0.4) is 0 Å². The van der Waals surface area contributed by atoms with Gasteiger partial charge in [0.25, 0.3) is 0 Å². The van der Waals surface area contributed by atoms with Crippen molar-refractivity contribution in [3.8, 4) is 0 Å². The van der Waals surface area contributed by atoms with Crippen molar-refractivity contribution in [2.75, 3.05) is 0 Å². The van der Waals surface area contributed by atoms with E-state index in [9.17, 15) is 4.79 Å². The minimum atomic E-state index is -0.776. The van der Waals surface area contributed by atoms with Crippen LogP contribution in [0.15, 0.2) is 47.4 Å². The number of carboxylic acids is 1. The Morgan fingerprint density at radius 1 is 1.11 bits per heavy atom. The molecule has 0 atom stereocenters. The molecule has 96 valence electrons. The largest absolute Gasteiger partial charge is 0.481 e. The van der Waals surface area contributed by atoms with Gasteiger partial charge in [-0.25, -0.2) is 0 Å². The van der Waals surface area contributed by atoms with Crippen molar-refractivity contribution >= 4 is 17.7 Å². The predicted octanol–water partition coefficient (Wildman–Crippen LogP) is 3.51. The van der Waals surface area contributed by atoms with Gasteiger partial charge in [0, 0.05) is 10.6 Å². The normalized spacial score (nSPS) is 13.3. The van der Waals surface area contributed by atoms with Gasteiger partial charge in [0.05, 0.1) is 6.42 Å². The number of carboxylic acid groups (broad SMARTS) is 1. The van der Waals surface area contributed by atoms with E-state index < -0.39 is 5.97 Å². The van der Waals surface area contributed by atoms with Gasteiger partial charge >= 0.3 is 5.97 Å². The minimum absolute atomic E-state index is 0.0980. The number of hydrogen-bond donors (Lipinski definition) is 1. The third-order valence-electron chi connectivity index (χ3n) is 3.37. The van der Waals surface area contributed by atoms with E-state index in [1.54, 1.807) is 11.8 Å². The molecule has 0 bridgehead atoms. The molecule has 1 aliphatic heterocycles. The molecule has 0 amide bonds. The summed E-state index contributed by atoms with van der Waals surface area (Å²) in [4.78, 5) is 12.0. The van der Waals surface area contributed by atoms with Crippen molar-refractivity contribution in [3.63, 3.8) is 0 Å². The lowest BCUT2D eigenvalue weighted by Crippen LogP contribution is -2.00. The van der Waals surface area contributed by atoms with Crippen LogP contribution < -0.4 is 0 Å². The summed E-state index contributed by atoms with van der Waals surface area (Å²) in [6.07, 6.45) is 1.03. The second kappa shape index (κ2) is 5.10. The molecule has 3 heteroatoms. The highest BCUT2D eigenvalue weighted by Gasteiger charge is 2.14. The Hall–Kier alpha value is -1.74. The van der Waals surface area contributed by atoms with Crippen LogP contribution in [0.4, 0.5) is 0 Å². The number of hydrogen-bond acceptors (Lipinski definition) is 2. The average molecular weight is 270 g/mol. The Balaban J connectivity index is 1.95. The van der Waals surface area contributed by atoms with Crippen molar-refractivity contribution in [2.24, 2.45) is 0 Å². The molecular weight excluding hydrogens is 256 g/mol. The van der Waals surface area contributed by atoms with Crippen LogP contribution in [0.1, 0.15) is 22.3 Å². The Kier molecular flexibility index (Phi) is 3.30. The van der Waals surface area contributed by atoms with Gasteiger partial charge in [0.1, 0.15) is 0 Å². The van der Waals surface area contributed by atoms with Crippen LogP contribution in [0.2, 0.25) is 0 Å². The van der Waals surface area contributed by atoms with Gasteiger partial charge in [-0.15, -0.1) is 11.8 Å². The minimum Gasteiger partial charge on any atom is -0.481 e. The highest BCUT2D eigenvalue weighted by Crippen LogP contribution is 2.34. The number of fused-ring (bicyclic) bond motifs is 2. The first-order valence-corrected chi connectivity index (χ1v) is 7.24. The predicted molar refractivity (Wildman–Crippen MR) is 76.6 cm³/mol. The topological polar surface area (TPSA) is 37.3 Å². The Labute approximate surface area is 116 Å². The average Bonchev–Trinajstić information content (AvgIpc) is 2.57. The van der Waals surface area contributed by atoms with Crippen molar-refractivity contribution in [2.45, 2.75) is 23.5 Å². The summed E-state index contributed by atoms with van der Waals surface area (Å²) >= 11 is 1.80. The van der Waals surface area contributed by atoms with Crippen LogP contribution in [-0.4, -0.2) is 11.1 Å². The summed E-state index contributed by atoms with van der Waals surface area (Å²) in [7, 11) is 0. The van der Waals surface area contributed by atoms with E-state index in [0.717, 1.165) is 17.7 Å². The lowest BCUT2D eigenvalue weighted by molar-refractivity contribution is -0.136. The number of thioether (sulfide) groups is 1. The molecule has 2 aromatic rings. The first kappa shape index (κ1) is 12.3. The third-order valence-corrected chi connectivity index (χ3v) is 4.52. The van der Waals surface area contributed by atoms with Gasteiger partial charge in [0.15, 0.2) is 0 Å². The molecule has 0 aromatic heterocycles. The third kappa shape index (κ3) is 2.66. The molecule has 0 radical (unpaired) electrons. The molecule has 0 saturated heterocycles. The molecule has 1 aliphatic rings. The smallest absolute Gasteiger partial charge is 0.307 e. The number of rotatable bonds is 2. The number of aliphatic carboxylic acids is 1. The van der Waals surface area contributed by atoms with Crippen molar-refractivity contribution in [1.29, 1.82) is 0 Å². The molecular formula is C16H14O2S. The lowest BCUT2D eigenvalue weighted by atomic mass is 9.99. The summed E-state index contributed by atoms with van der Waals surface area (Å²) in [5.74, 6) is 0.182. The lowest BCUT2D eigenvalue weighted by Gasteiger charge is -2.07. The summed E-state index contributed by atoms with van der Waals surface area (Å²) in [6, 6.07) is 14.5. The van der Waals surface area contributed by atoms with E-state index in [0.29, 0.717) is 0 Å². The maximum Gasteiger partial charge on any atom is 0.307 e. The van der Waals surface area contributed by atoms with E-state index >= 15 is 0 Å². The molecule has 0 spiro atoms. The molecule has 2 aromatic carbocycles. The quantitative estimate of drug-likeness (QED) is 0.907. The number of benzene rings is 2. The van der Waals surface area contributed by atoms with Crippen LogP contribution >= 0.6 is 11.8 Å². The summed E-state index contributed by atoms with van der Waals surface area (Å²) < 4.78 is 0. The zero-order chi connectivity index (χ0) is 13.2. The second-order valence-electron chi connectivity index (χ2n) is 4.75. The zero-order valence-electron chi connectivity index (χ0n) is 10.4. The van der Waals surface area contributed by atoms with Crippen molar-refractivity contribution in [1.82, 2.24) is 0 Å². The molecule has 0 saturated carbocycles. The highest BCUT2D eigenvalue weighted by atomic mass is 32.2. The standard InChI is InChI=1S/C16H14O2S/c17-16(18)8-11-5-6-13-9-12-3-1-2-4-14(12)10-19-15(13)7-11/h1-7H,8-10H2,(H,17,18). The van der Waals surface area contributed by atoms with Gasteiger partial charge in [0.2, 0.25) is 0 Å². The summed E-state index contributed by atoms with van der Waals surface area (Å²) in [5, 5.41) is 8.86. The van der Waals surface area contributed by atoms with Crippen LogP contribution in [0.5, 0.6) is 0 Å². The zero-order valence-corrected chi connectivity index (χ0v) is 11.2. The molecule has 1 heterocycles. The molecule has 0 unspecified atom stereocenters. The van der Waals surface area contributed by atoms with Crippen molar-refractivity contribution < 1.29 is 9.90 Å². The second-order valence-corrected chi connectivity index (χ2v) is 5.76. The van der Waals surface area contributed by atoms with Crippen LogP contribution in [0.25, 0.3) is 0 Å². The molecule has 1 N–H and O–H groups in total. The highest BCUT2D eigenvalue weighted by molar-refractivity contribution is 7.98. The number of carbonyl (C=O) groups is 1. The summed E-state index contributed by atoms with van der Waals surface area (Å²) in [6.45, 7) is 0. The van der Waals surface area contributed by atoms with Gasteiger partial charge in [-0.2, -0.15) is 0 Å². The molecule has 0 fully saturated rings. The van der Waals surface area contributed by atoms with E-state index in [-0.39, 0.29) is 6.42 Å². The maximum absolute atomic E-state index is 10.8.